The Morgan fingerprint density at radius 2 is 1.54 bits per heavy atom. The molecule has 0 saturated heterocycles. The zero-order valence-electron chi connectivity index (χ0n) is 21.1. The number of nitrogens with one attached hydrogen (secondary N) is 1. The van der Waals surface area contributed by atoms with E-state index < -0.39 is 0 Å². The van der Waals surface area contributed by atoms with Crippen LogP contribution < -0.4 is 15.7 Å². The van der Waals surface area contributed by atoms with Crippen LogP contribution in [-0.4, -0.2) is 6.61 Å². The van der Waals surface area contributed by atoms with Gasteiger partial charge < -0.3 is 14.5 Å². The van der Waals surface area contributed by atoms with Crippen molar-refractivity contribution in [2.75, 3.05) is 11.9 Å². The second-order valence-electron chi connectivity index (χ2n) is 9.81. The van der Waals surface area contributed by atoms with Crippen molar-refractivity contribution in [1.29, 1.82) is 0 Å². The van der Waals surface area contributed by atoms with E-state index in [4.69, 9.17) is 9.15 Å². The van der Waals surface area contributed by atoms with Gasteiger partial charge in [-0.25, -0.2) is 4.79 Å². The molecular weight excluding hydrogens is 458 g/mol. The molecular formula is C33H31NO3. The molecule has 6 rings (SSSR count). The minimum atomic E-state index is -0.308. The lowest BCUT2D eigenvalue weighted by atomic mass is 9.79. The molecule has 0 aliphatic carbocycles. The molecule has 0 fully saturated rings. The molecule has 1 atom stereocenters. The van der Waals surface area contributed by atoms with Crippen LogP contribution in [0.5, 0.6) is 5.75 Å². The summed E-state index contributed by atoms with van der Waals surface area (Å²) in [7, 11) is 0. The summed E-state index contributed by atoms with van der Waals surface area (Å²) < 4.78 is 11.9. The summed E-state index contributed by atoms with van der Waals surface area (Å²) in [6.45, 7) is 2.95. The Balaban J connectivity index is 1.43. The fourth-order valence-electron chi connectivity index (χ4n) is 5.54. The molecule has 0 radical (unpaired) electrons. The van der Waals surface area contributed by atoms with Crippen molar-refractivity contribution in [3.8, 4) is 5.75 Å². The topological polar surface area (TPSA) is 51.5 Å². The number of rotatable bonds is 8. The first-order valence-electron chi connectivity index (χ1n) is 13.3. The molecule has 0 saturated carbocycles. The SMILES string of the molecule is CCCCCCCOc1ccc(C2c3c(c4ccccc4oc3=O)Nc3ccc4ccccc4c32)cc1. The van der Waals surface area contributed by atoms with Gasteiger partial charge in [0.25, 0.3) is 0 Å². The molecule has 2 heterocycles. The summed E-state index contributed by atoms with van der Waals surface area (Å²) in [5.74, 6) is 0.596. The van der Waals surface area contributed by atoms with Gasteiger partial charge in [-0.3, -0.25) is 0 Å². The zero-order valence-corrected chi connectivity index (χ0v) is 21.1. The molecule has 1 aliphatic heterocycles. The molecule has 1 N–H and O–H groups in total. The third-order valence-corrected chi connectivity index (χ3v) is 7.39. The second-order valence-corrected chi connectivity index (χ2v) is 9.81. The van der Waals surface area contributed by atoms with E-state index in [1.54, 1.807) is 0 Å². The van der Waals surface area contributed by atoms with Crippen LogP contribution in [0.25, 0.3) is 21.7 Å². The fourth-order valence-corrected chi connectivity index (χ4v) is 5.54. The maximum atomic E-state index is 13.5. The monoisotopic (exact) mass is 489 g/mol. The molecule has 4 heteroatoms. The maximum Gasteiger partial charge on any atom is 0.342 e. The highest BCUT2D eigenvalue weighted by atomic mass is 16.5. The Morgan fingerprint density at radius 3 is 2.38 bits per heavy atom. The molecule has 0 bridgehead atoms. The molecule has 4 nitrogen and oxygen atoms in total. The van der Waals surface area contributed by atoms with Crippen LogP contribution in [0.3, 0.4) is 0 Å². The summed E-state index contributed by atoms with van der Waals surface area (Å²) in [5.41, 5.74) is 4.90. The molecule has 0 spiro atoms. The molecule has 37 heavy (non-hydrogen) atoms. The van der Waals surface area contributed by atoms with E-state index in [9.17, 15) is 4.79 Å². The van der Waals surface area contributed by atoms with Gasteiger partial charge in [0.1, 0.15) is 11.3 Å². The molecule has 1 aromatic heterocycles. The number of hydrogen-bond donors (Lipinski definition) is 1. The van der Waals surface area contributed by atoms with Crippen LogP contribution in [0.4, 0.5) is 11.4 Å². The van der Waals surface area contributed by atoms with Crippen molar-refractivity contribution < 1.29 is 9.15 Å². The Bertz CT molecular complexity index is 1620. The lowest BCUT2D eigenvalue weighted by Crippen LogP contribution is -2.22. The van der Waals surface area contributed by atoms with Crippen molar-refractivity contribution in [3.05, 3.63) is 112 Å². The Kier molecular flexibility index (Phi) is 6.40. The summed E-state index contributed by atoms with van der Waals surface area (Å²) in [6.07, 6.45) is 6.06. The van der Waals surface area contributed by atoms with E-state index in [0.717, 1.165) is 57.4 Å². The minimum Gasteiger partial charge on any atom is -0.494 e. The molecule has 1 aliphatic rings. The van der Waals surface area contributed by atoms with Crippen molar-refractivity contribution in [2.45, 2.75) is 44.9 Å². The molecule has 1 unspecified atom stereocenters. The second kappa shape index (κ2) is 10.1. The maximum absolute atomic E-state index is 13.5. The van der Waals surface area contributed by atoms with Crippen LogP contribution in [0.2, 0.25) is 0 Å². The van der Waals surface area contributed by atoms with Crippen molar-refractivity contribution in [2.24, 2.45) is 0 Å². The lowest BCUT2D eigenvalue weighted by molar-refractivity contribution is 0.304. The average molecular weight is 490 g/mol. The van der Waals surface area contributed by atoms with Crippen LogP contribution in [0.1, 0.15) is 61.6 Å². The van der Waals surface area contributed by atoms with E-state index >= 15 is 0 Å². The number of anilines is 2. The molecule has 4 aromatic carbocycles. The smallest absolute Gasteiger partial charge is 0.342 e. The number of para-hydroxylation sites is 1. The van der Waals surface area contributed by atoms with Gasteiger partial charge in [0.15, 0.2) is 0 Å². The largest absolute Gasteiger partial charge is 0.494 e. The molecule has 5 aromatic rings. The number of hydrogen-bond acceptors (Lipinski definition) is 4. The van der Waals surface area contributed by atoms with E-state index in [0.29, 0.717) is 11.1 Å². The van der Waals surface area contributed by atoms with E-state index in [-0.39, 0.29) is 11.5 Å². The Labute approximate surface area is 216 Å². The zero-order chi connectivity index (χ0) is 25.2. The van der Waals surface area contributed by atoms with Gasteiger partial charge >= 0.3 is 5.63 Å². The van der Waals surface area contributed by atoms with Crippen molar-refractivity contribution >= 4 is 33.1 Å². The van der Waals surface area contributed by atoms with Gasteiger partial charge in [-0.15, -0.1) is 0 Å². The first-order chi connectivity index (χ1) is 18.2. The van der Waals surface area contributed by atoms with Gasteiger partial charge in [0.05, 0.1) is 17.9 Å². The number of ether oxygens (including phenoxy) is 1. The van der Waals surface area contributed by atoms with Gasteiger partial charge in [-0.1, -0.05) is 87.2 Å². The quantitative estimate of drug-likeness (QED) is 0.172. The predicted octanol–water partition coefficient (Wildman–Crippen LogP) is 8.53. The van der Waals surface area contributed by atoms with Gasteiger partial charge in [-0.2, -0.15) is 0 Å². The third kappa shape index (κ3) is 4.37. The fraction of sp³-hybridized carbons (Fsp3) is 0.242. The summed E-state index contributed by atoms with van der Waals surface area (Å²) in [5, 5.41) is 6.77. The number of fused-ring (bicyclic) bond motifs is 6. The Hall–Kier alpha value is -4.05. The standard InChI is InChI=1S/C33H31NO3/c1-2-3-4-5-10-21-36-24-18-15-23(16-19-24)29-30-25-12-7-6-11-22(25)17-20-27(30)34-32-26-13-8-9-14-28(26)37-33(35)31(29)32/h6-9,11-20,29,34H,2-5,10,21H2,1H3. The highest BCUT2D eigenvalue weighted by Crippen LogP contribution is 2.48. The van der Waals surface area contributed by atoms with Crippen LogP contribution in [-0.2, 0) is 0 Å². The van der Waals surface area contributed by atoms with Gasteiger partial charge in [0.2, 0.25) is 0 Å². The predicted molar refractivity (Wildman–Crippen MR) is 151 cm³/mol. The Morgan fingerprint density at radius 1 is 0.784 bits per heavy atom. The highest BCUT2D eigenvalue weighted by Gasteiger charge is 2.33. The molecule has 186 valence electrons. The van der Waals surface area contributed by atoms with Crippen LogP contribution >= 0.6 is 0 Å². The number of benzene rings is 4. The van der Waals surface area contributed by atoms with Crippen LogP contribution in [0.15, 0.2) is 94.1 Å². The summed E-state index contributed by atoms with van der Waals surface area (Å²) in [6, 6.07) is 28.5. The van der Waals surface area contributed by atoms with Crippen molar-refractivity contribution in [3.63, 3.8) is 0 Å². The summed E-state index contributed by atoms with van der Waals surface area (Å²) >= 11 is 0. The van der Waals surface area contributed by atoms with E-state index in [1.807, 2.05) is 42.5 Å². The van der Waals surface area contributed by atoms with E-state index in [2.05, 4.69) is 54.7 Å². The van der Waals surface area contributed by atoms with Gasteiger partial charge in [-0.05, 0) is 58.7 Å². The normalized spacial score (nSPS) is 14.2. The highest BCUT2D eigenvalue weighted by molar-refractivity contribution is 6.00. The lowest BCUT2D eigenvalue weighted by Gasteiger charge is -2.30. The third-order valence-electron chi connectivity index (χ3n) is 7.39. The minimum absolute atomic E-state index is 0.263. The summed E-state index contributed by atoms with van der Waals surface area (Å²) in [4.78, 5) is 13.5. The van der Waals surface area contributed by atoms with E-state index in [1.165, 1.54) is 25.7 Å². The first-order valence-corrected chi connectivity index (χ1v) is 13.3. The number of unbranched alkanes of at least 4 members (excludes halogenated alkanes) is 4. The molecule has 0 amide bonds. The average Bonchev–Trinajstić information content (AvgIpc) is 2.94. The van der Waals surface area contributed by atoms with Gasteiger partial charge in [0, 0.05) is 17.0 Å². The first kappa shape index (κ1) is 23.4. The van der Waals surface area contributed by atoms with Crippen LogP contribution in [0, 0.1) is 0 Å². The van der Waals surface area contributed by atoms with Crippen molar-refractivity contribution in [1.82, 2.24) is 0 Å².